The molecular weight excluding hydrogens is 440 g/mol. The van der Waals surface area contributed by atoms with E-state index < -0.39 is 40.8 Å². The van der Waals surface area contributed by atoms with Crippen LogP contribution in [-0.4, -0.2) is 43.3 Å². The van der Waals surface area contributed by atoms with Crippen LogP contribution in [0.3, 0.4) is 0 Å². The Labute approximate surface area is 192 Å². The highest BCUT2D eigenvalue weighted by molar-refractivity contribution is 7.89. The number of benzene rings is 3. The van der Waals surface area contributed by atoms with Crippen LogP contribution in [0.15, 0.2) is 77.7 Å². The van der Waals surface area contributed by atoms with Gasteiger partial charge in [0.2, 0.25) is 5.91 Å². The molecule has 0 fully saturated rings. The van der Waals surface area contributed by atoms with Gasteiger partial charge in [0.15, 0.2) is 0 Å². The van der Waals surface area contributed by atoms with E-state index in [0.29, 0.717) is 11.1 Å². The van der Waals surface area contributed by atoms with Gasteiger partial charge in [0.25, 0.3) is 10.0 Å². The fourth-order valence-electron chi connectivity index (χ4n) is 4.17. The zero-order valence-electron chi connectivity index (χ0n) is 18.3. The number of hydrogen-bond donors (Lipinski definition) is 1. The summed E-state index contributed by atoms with van der Waals surface area (Å²) >= 11 is 0. The van der Waals surface area contributed by atoms with Crippen LogP contribution < -0.4 is 4.90 Å². The number of anilines is 2. The van der Waals surface area contributed by atoms with Gasteiger partial charge in [-0.1, -0.05) is 54.1 Å². The van der Waals surface area contributed by atoms with Crippen molar-refractivity contribution in [2.45, 2.75) is 24.2 Å². The van der Waals surface area contributed by atoms with E-state index in [2.05, 4.69) is 0 Å². The molecule has 1 aliphatic rings. The molecule has 1 N–H and O–H groups in total. The van der Waals surface area contributed by atoms with Crippen molar-refractivity contribution in [2.24, 2.45) is 0 Å². The van der Waals surface area contributed by atoms with E-state index in [-0.39, 0.29) is 4.90 Å². The monoisotopic (exact) mass is 464 g/mol. The second-order valence-electron chi connectivity index (χ2n) is 7.98. The van der Waals surface area contributed by atoms with E-state index in [9.17, 15) is 23.1 Å². The average molecular weight is 465 g/mol. The predicted molar refractivity (Wildman–Crippen MR) is 125 cm³/mol. The van der Waals surface area contributed by atoms with Crippen LogP contribution in [0.1, 0.15) is 29.0 Å². The number of fused-ring (bicyclic) bond motifs is 2. The number of hydrogen-bond acceptors (Lipinski definition) is 5. The van der Waals surface area contributed by atoms with E-state index in [0.717, 1.165) is 21.2 Å². The Bertz CT molecular complexity index is 1270. The molecule has 1 aliphatic heterocycles. The summed E-state index contributed by atoms with van der Waals surface area (Å²) in [5.74, 6) is -2.75. The molecule has 0 aromatic heterocycles. The van der Waals surface area contributed by atoms with Crippen molar-refractivity contribution in [3.8, 4) is 0 Å². The number of carbonyl (C=O) groups is 2. The maximum absolute atomic E-state index is 14.0. The zero-order valence-corrected chi connectivity index (χ0v) is 19.1. The molecule has 0 bridgehead atoms. The van der Waals surface area contributed by atoms with Crippen molar-refractivity contribution < 1.29 is 23.1 Å². The lowest BCUT2D eigenvalue weighted by molar-refractivity contribution is -0.137. The van der Waals surface area contributed by atoms with Gasteiger partial charge < -0.3 is 10.0 Å². The summed E-state index contributed by atoms with van der Waals surface area (Å²) in [7, 11) is -2.38. The lowest BCUT2D eigenvalue weighted by Crippen LogP contribution is -2.42. The lowest BCUT2D eigenvalue weighted by Gasteiger charge is -2.36. The number of sulfonamides is 1. The largest absolute Gasteiger partial charge is 0.481 e. The average Bonchev–Trinajstić information content (AvgIpc) is 2.79. The van der Waals surface area contributed by atoms with Gasteiger partial charge in [-0.05, 0) is 42.3 Å². The van der Waals surface area contributed by atoms with E-state index in [4.69, 9.17) is 0 Å². The number of carbonyl (C=O) groups excluding carboxylic acids is 1. The summed E-state index contributed by atoms with van der Waals surface area (Å²) < 4.78 is 27.8. The quantitative estimate of drug-likeness (QED) is 0.595. The molecule has 0 saturated carbocycles. The highest BCUT2D eigenvalue weighted by Crippen LogP contribution is 2.45. The summed E-state index contributed by atoms with van der Waals surface area (Å²) in [5, 5.41) is 9.24. The Morgan fingerprint density at radius 1 is 0.909 bits per heavy atom. The summed E-state index contributed by atoms with van der Waals surface area (Å²) in [6.07, 6.45) is -0.493. The molecule has 0 spiro atoms. The highest BCUT2D eigenvalue weighted by atomic mass is 32.2. The first-order chi connectivity index (χ1) is 15.7. The Balaban J connectivity index is 1.86. The first-order valence-corrected chi connectivity index (χ1v) is 11.9. The number of aliphatic carboxylic acids is 1. The first kappa shape index (κ1) is 22.5. The van der Waals surface area contributed by atoms with E-state index in [1.165, 1.54) is 12.1 Å². The molecule has 0 aliphatic carbocycles. The first-order valence-electron chi connectivity index (χ1n) is 10.5. The summed E-state index contributed by atoms with van der Waals surface area (Å²) in [6, 6.07) is 20.8. The minimum absolute atomic E-state index is 0.0543. The standard InChI is InChI=1S/C25H24N2O5S/c1-17-11-13-18(14-12-17)33(31,32)27(16-15-23(28)29)25(30)24-19-7-3-5-9-21(19)26(2)22-10-6-4-8-20(22)24/h3-14,24H,15-16H2,1-2H3,(H,28,29). The van der Waals surface area contributed by atoms with Crippen LogP contribution in [0.4, 0.5) is 11.4 Å². The topological polar surface area (TPSA) is 95.0 Å². The molecule has 8 heteroatoms. The number of carboxylic acids is 1. The van der Waals surface area contributed by atoms with Crippen molar-refractivity contribution in [1.82, 2.24) is 4.31 Å². The SMILES string of the molecule is Cc1ccc(S(=O)(=O)N(CCC(=O)O)C(=O)C2c3ccccc3N(C)c3ccccc32)cc1. The molecule has 4 rings (SSSR count). The zero-order chi connectivity index (χ0) is 23.8. The highest BCUT2D eigenvalue weighted by Gasteiger charge is 2.40. The molecule has 0 saturated heterocycles. The second kappa shape index (κ2) is 8.71. The Kier molecular flexibility index (Phi) is 5.95. The van der Waals surface area contributed by atoms with Crippen LogP contribution in [0.5, 0.6) is 0 Å². The maximum Gasteiger partial charge on any atom is 0.305 e. The molecule has 7 nitrogen and oxygen atoms in total. The minimum atomic E-state index is -4.27. The molecule has 0 unspecified atom stereocenters. The van der Waals surface area contributed by atoms with Gasteiger partial charge in [0.05, 0.1) is 17.2 Å². The number of nitrogens with zero attached hydrogens (tertiary/aromatic N) is 2. The fraction of sp³-hybridized carbons (Fsp3) is 0.200. The van der Waals surface area contributed by atoms with Gasteiger partial charge >= 0.3 is 5.97 Å². The Hall–Kier alpha value is -3.65. The lowest BCUT2D eigenvalue weighted by atomic mass is 9.84. The number of carboxylic acid groups (broad SMARTS) is 1. The molecule has 1 heterocycles. The van der Waals surface area contributed by atoms with Crippen LogP contribution in [0.2, 0.25) is 0 Å². The molecule has 3 aromatic rings. The van der Waals surface area contributed by atoms with Crippen LogP contribution in [-0.2, 0) is 19.6 Å². The second-order valence-corrected chi connectivity index (χ2v) is 9.84. The van der Waals surface area contributed by atoms with Crippen LogP contribution in [0.25, 0.3) is 0 Å². The molecule has 3 aromatic carbocycles. The van der Waals surface area contributed by atoms with Gasteiger partial charge in [-0.2, -0.15) is 0 Å². The molecule has 0 radical (unpaired) electrons. The Morgan fingerprint density at radius 2 is 1.42 bits per heavy atom. The fourth-order valence-corrected chi connectivity index (χ4v) is 5.57. The van der Waals surface area contributed by atoms with Crippen LogP contribution >= 0.6 is 0 Å². The third-order valence-electron chi connectivity index (χ3n) is 5.85. The van der Waals surface area contributed by atoms with Gasteiger partial charge in [0, 0.05) is 25.0 Å². The van der Waals surface area contributed by atoms with Crippen molar-refractivity contribution in [2.75, 3.05) is 18.5 Å². The van der Waals surface area contributed by atoms with E-state index in [1.807, 2.05) is 43.1 Å². The number of para-hydroxylation sites is 2. The molecule has 170 valence electrons. The van der Waals surface area contributed by atoms with Gasteiger partial charge in [-0.25, -0.2) is 12.7 Å². The summed E-state index contributed by atoms with van der Waals surface area (Å²) in [4.78, 5) is 27.2. The van der Waals surface area contributed by atoms with Gasteiger partial charge in [-0.3, -0.25) is 9.59 Å². The van der Waals surface area contributed by atoms with Crippen molar-refractivity contribution >= 4 is 33.3 Å². The van der Waals surface area contributed by atoms with Crippen molar-refractivity contribution in [3.63, 3.8) is 0 Å². The van der Waals surface area contributed by atoms with E-state index >= 15 is 0 Å². The minimum Gasteiger partial charge on any atom is -0.481 e. The normalized spacial score (nSPS) is 13.2. The molecule has 0 atom stereocenters. The van der Waals surface area contributed by atoms with Gasteiger partial charge in [-0.15, -0.1) is 0 Å². The van der Waals surface area contributed by atoms with Crippen molar-refractivity contribution in [3.05, 3.63) is 89.5 Å². The number of amides is 1. The Morgan fingerprint density at radius 3 is 1.94 bits per heavy atom. The van der Waals surface area contributed by atoms with Gasteiger partial charge in [0.1, 0.15) is 0 Å². The maximum atomic E-state index is 14.0. The summed E-state index contributed by atoms with van der Waals surface area (Å²) in [5.41, 5.74) is 3.79. The smallest absolute Gasteiger partial charge is 0.305 e. The molecule has 1 amide bonds. The molecular formula is C25H24N2O5S. The van der Waals surface area contributed by atoms with E-state index in [1.54, 1.807) is 36.4 Å². The third-order valence-corrected chi connectivity index (χ3v) is 7.66. The third kappa shape index (κ3) is 4.09. The summed E-state index contributed by atoms with van der Waals surface area (Å²) in [6.45, 7) is 1.37. The predicted octanol–water partition coefficient (Wildman–Crippen LogP) is 3.90. The number of aryl methyl sites for hydroxylation is 1. The number of rotatable bonds is 6. The van der Waals surface area contributed by atoms with Crippen LogP contribution in [0, 0.1) is 6.92 Å². The molecule has 33 heavy (non-hydrogen) atoms. The van der Waals surface area contributed by atoms with Crippen molar-refractivity contribution in [1.29, 1.82) is 0 Å².